The first-order chi connectivity index (χ1) is 15.7. The van der Waals surface area contributed by atoms with E-state index in [0.29, 0.717) is 19.7 Å². The van der Waals surface area contributed by atoms with Crippen LogP contribution in [0, 0.1) is 5.92 Å². The zero-order valence-electron chi connectivity index (χ0n) is 19.8. The van der Waals surface area contributed by atoms with Gasteiger partial charge in [0.15, 0.2) is 17.8 Å². The fourth-order valence-electron chi connectivity index (χ4n) is 4.70. The van der Waals surface area contributed by atoms with Crippen LogP contribution in [0.1, 0.15) is 63.2 Å². The minimum Gasteiger partial charge on any atom is -0.504 e. The van der Waals surface area contributed by atoms with Gasteiger partial charge < -0.3 is 29.0 Å². The van der Waals surface area contributed by atoms with E-state index in [1.807, 2.05) is 0 Å². The first-order valence-electron chi connectivity index (χ1n) is 11.7. The first-order valence-corrected chi connectivity index (χ1v) is 11.7. The molecule has 0 aromatic heterocycles. The summed E-state index contributed by atoms with van der Waals surface area (Å²) in [5, 5.41) is 10.6. The van der Waals surface area contributed by atoms with Crippen molar-refractivity contribution in [2.75, 3.05) is 31.7 Å². The van der Waals surface area contributed by atoms with Gasteiger partial charge in [-0.05, 0) is 58.9 Å². The van der Waals surface area contributed by atoms with Gasteiger partial charge in [0.25, 0.3) is 5.91 Å². The third-order valence-electron chi connectivity index (χ3n) is 6.21. The molecule has 1 aromatic carbocycles. The van der Waals surface area contributed by atoms with Crippen molar-refractivity contribution < 1.29 is 33.6 Å². The molecule has 3 heterocycles. The summed E-state index contributed by atoms with van der Waals surface area (Å²) in [6.07, 6.45) is 2.47. The van der Waals surface area contributed by atoms with Crippen molar-refractivity contribution in [1.82, 2.24) is 4.90 Å². The van der Waals surface area contributed by atoms with Crippen LogP contribution in [0.15, 0.2) is 12.1 Å². The molecule has 2 unspecified atom stereocenters. The van der Waals surface area contributed by atoms with Gasteiger partial charge in [-0.15, -0.1) is 0 Å². The number of hydrogen-bond donors (Lipinski definition) is 1. The molecule has 3 atom stereocenters. The number of rotatable bonds is 3. The molecule has 1 N–H and O–H groups in total. The number of amides is 2. The Labute approximate surface area is 194 Å². The average molecular weight is 463 g/mol. The van der Waals surface area contributed by atoms with E-state index < -0.39 is 24.2 Å². The molecule has 2 amide bonds. The smallest absolute Gasteiger partial charge is 0.416 e. The van der Waals surface area contributed by atoms with E-state index in [9.17, 15) is 14.7 Å². The maximum absolute atomic E-state index is 13.6. The predicted molar refractivity (Wildman–Crippen MR) is 120 cm³/mol. The van der Waals surface area contributed by atoms with Crippen molar-refractivity contribution in [1.29, 1.82) is 0 Å². The molecule has 2 bridgehead atoms. The van der Waals surface area contributed by atoms with Gasteiger partial charge in [-0.2, -0.15) is 0 Å². The summed E-state index contributed by atoms with van der Waals surface area (Å²) in [5.74, 6) is -0.355. The lowest BCUT2D eigenvalue weighted by Gasteiger charge is -2.45. The normalized spacial score (nSPS) is 25.7. The van der Waals surface area contributed by atoms with Crippen LogP contribution in [0.4, 0.5) is 10.5 Å². The Morgan fingerprint density at radius 3 is 2.64 bits per heavy atom. The fourth-order valence-corrected chi connectivity index (χ4v) is 4.70. The summed E-state index contributed by atoms with van der Waals surface area (Å²) in [6, 6.07) is 2.86. The zero-order valence-corrected chi connectivity index (χ0v) is 19.8. The number of fused-ring (bicyclic) bond motifs is 3. The van der Waals surface area contributed by atoms with E-state index >= 15 is 0 Å². The molecule has 2 saturated heterocycles. The van der Waals surface area contributed by atoms with E-state index in [4.69, 9.17) is 18.9 Å². The van der Waals surface area contributed by atoms with Gasteiger partial charge in [-0.25, -0.2) is 9.69 Å². The second-order valence-electron chi connectivity index (χ2n) is 9.87. The maximum Gasteiger partial charge on any atom is 0.416 e. The topological polar surface area (TPSA) is 97.8 Å². The number of carbonyl (C=O) groups excluding carboxylic acids is 2. The largest absolute Gasteiger partial charge is 0.504 e. The number of piperidine rings is 1. The molecule has 9 nitrogen and oxygen atoms in total. The van der Waals surface area contributed by atoms with Crippen LogP contribution in [0.25, 0.3) is 0 Å². The Morgan fingerprint density at radius 2 is 1.97 bits per heavy atom. The molecule has 0 radical (unpaired) electrons. The van der Waals surface area contributed by atoms with E-state index in [2.05, 4.69) is 0 Å². The number of nitrogens with zero attached hydrogens (tertiary/aromatic N) is 2. The minimum absolute atomic E-state index is 0.127. The van der Waals surface area contributed by atoms with Crippen LogP contribution in [-0.4, -0.2) is 66.9 Å². The Bertz CT molecular complexity index is 892. The standard InChI is InChI=1S/C24H34N2O7/c1-24(2,3)33-23(29)26-17-13-18(27)19(30-4)12-16(17)21(28)25-10-7-8-15(14-25)22(26)32-20-9-5-6-11-31-20/h12-13,15,20,22,27H,5-11,14H2,1-4H3/t15?,20?,22-/m0/s1. The van der Waals surface area contributed by atoms with Crippen LogP contribution in [0.2, 0.25) is 0 Å². The van der Waals surface area contributed by atoms with Crippen molar-refractivity contribution in [3.8, 4) is 11.5 Å². The van der Waals surface area contributed by atoms with Crippen LogP contribution in [0.5, 0.6) is 11.5 Å². The Kier molecular flexibility index (Phi) is 6.72. The summed E-state index contributed by atoms with van der Waals surface area (Å²) >= 11 is 0. The quantitative estimate of drug-likeness (QED) is 0.728. The molecule has 3 aliphatic rings. The summed E-state index contributed by atoms with van der Waals surface area (Å²) < 4.78 is 23.3. The first kappa shape index (κ1) is 23.6. The zero-order chi connectivity index (χ0) is 23.8. The minimum atomic E-state index is -0.761. The van der Waals surface area contributed by atoms with Crippen LogP contribution >= 0.6 is 0 Å². The number of benzene rings is 1. The van der Waals surface area contributed by atoms with Crippen molar-refractivity contribution >= 4 is 17.7 Å². The number of carbonyl (C=O) groups is 2. The summed E-state index contributed by atoms with van der Waals surface area (Å²) in [6.45, 7) is 7.04. The van der Waals surface area contributed by atoms with Gasteiger partial charge in [-0.1, -0.05) is 0 Å². The van der Waals surface area contributed by atoms with Gasteiger partial charge in [0.05, 0.1) is 18.4 Å². The molecule has 0 aliphatic carbocycles. The third kappa shape index (κ3) is 5.04. The lowest BCUT2D eigenvalue weighted by atomic mass is 9.92. The number of aromatic hydroxyl groups is 1. The number of methoxy groups -OCH3 is 1. The highest BCUT2D eigenvalue weighted by Crippen LogP contribution is 2.41. The molecule has 2 fully saturated rings. The van der Waals surface area contributed by atoms with Gasteiger partial charge in [0, 0.05) is 31.7 Å². The Balaban J connectivity index is 1.85. The lowest BCUT2D eigenvalue weighted by molar-refractivity contribution is -0.200. The number of hydrogen-bond acceptors (Lipinski definition) is 7. The highest BCUT2D eigenvalue weighted by atomic mass is 16.7. The predicted octanol–water partition coefficient (Wildman–Crippen LogP) is 3.88. The molecule has 0 spiro atoms. The fraction of sp³-hybridized carbons (Fsp3) is 0.667. The molecule has 4 rings (SSSR count). The monoisotopic (exact) mass is 462 g/mol. The van der Waals surface area contributed by atoms with Crippen LogP contribution < -0.4 is 9.64 Å². The molecular formula is C24H34N2O7. The maximum atomic E-state index is 13.6. The molecule has 9 heteroatoms. The number of phenols is 1. The van der Waals surface area contributed by atoms with E-state index in [0.717, 1.165) is 32.1 Å². The number of ether oxygens (including phenoxy) is 4. The number of anilines is 1. The molecule has 1 aromatic rings. The summed E-state index contributed by atoms with van der Waals surface area (Å²) in [5.41, 5.74) is -0.262. The molecule has 3 aliphatic heterocycles. The van der Waals surface area contributed by atoms with E-state index in [1.165, 1.54) is 24.1 Å². The lowest BCUT2D eigenvalue weighted by Crippen LogP contribution is -2.56. The average Bonchev–Trinajstić information content (AvgIpc) is 2.77. The SMILES string of the molecule is COc1cc2c(cc1O)N(C(=O)OC(C)(C)C)[C@@H](OC1CCCCO1)C1CCCN(C1)C2=O. The molecule has 33 heavy (non-hydrogen) atoms. The van der Waals surface area contributed by atoms with Crippen molar-refractivity contribution in [2.24, 2.45) is 5.92 Å². The van der Waals surface area contributed by atoms with Gasteiger partial charge >= 0.3 is 6.09 Å². The van der Waals surface area contributed by atoms with Crippen LogP contribution in [0.3, 0.4) is 0 Å². The molecule has 0 saturated carbocycles. The Hall–Kier alpha value is -2.52. The van der Waals surface area contributed by atoms with E-state index in [-0.39, 0.29) is 34.6 Å². The van der Waals surface area contributed by atoms with E-state index in [1.54, 1.807) is 25.7 Å². The van der Waals surface area contributed by atoms with Gasteiger partial charge in [-0.3, -0.25) is 4.79 Å². The molecule has 182 valence electrons. The highest BCUT2D eigenvalue weighted by Gasteiger charge is 2.44. The summed E-state index contributed by atoms with van der Waals surface area (Å²) in [7, 11) is 1.42. The second kappa shape index (κ2) is 9.38. The number of phenolic OH excluding ortho intramolecular Hbond substituents is 1. The van der Waals surface area contributed by atoms with Crippen molar-refractivity contribution in [3.05, 3.63) is 17.7 Å². The van der Waals surface area contributed by atoms with Crippen molar-refractivity contribution in [2.45, 2.75) is 71.0 Å². The van der Waals surface area contributed by atoms with Crippen LogP contribution in [-0.2, 0) is 14.2 Å². The van der Waals surface area contributed by atoms with Gasteiger partial charge in [0.2, 0.25) is 0 Å². The molecular weight excluding hydrogens is 428 g/mol. The summed E-state index contributed by atoms with van der Waals surface area (Å²) in [4.78, 5) is 30.2. The second-order valence-corrected chi connectivity index (χ2v) is 9.87. The van der Waals surface area contributed by atoms with Gasteiger partial charge in [0.1, 0.15) is 11.8 Å². The highest BCUT2D eigenvalue weighted by molar-refractivity contribution is 6.05. The Morgan fingerprint density at radius 1 is 1.18 bits per heavy atom. The third-order valence-corrected chi connectivity index (χ3v) is 6.21. The van der Waals surface area contributed by atoms with Crippen molar-refractivity contribution in [3.63, 3.8) is 0 Å².